The van der Waals surface area contributed by atoms with Gasteiger partial charge in [0.15, 0.2) is 14.5 Å². The fourth-order valence-corrected chi connectivity index (χ4v) is 8.63. The molecule has 0 saturated carbocycles. The lowest BCUT2D eigenvalue weighted by molar-refractivity contribution is -0.0321. The predicted octanol–water partition coefficient (Wildman–Crippen LogP) is 8.65. The molecule has 5 atom stereocenters. The Labute approximate surface area is 282 Å². The van der Waals surface area contributed by atoms with E-state index in [1.165, 1.54) is 0 Å². The Balaban J connectivity index is 1.76. The Kier molecular flexibility index (Phi) is 12.4. The number of nitrogens with one attached hydrogen (secondary N) is 1. The molecule has 1 amide bonds. The number of para-hydroxylation sites is 1. The van der Waals surface area contributed by atoms with E-state index in [0.29, 0.717) is 23.2 Å². The number of hydrogen-bond acceptors (Lipinski definition) is 8. The van der Waals surface area contributed by atoms with Gasteiger partial charge in [0.25, 0.3) is 14.4 Å². The summed E-state index contributed by atoms with van der Waals surface area (Å²) in [6, 6.07) is 17.4. The number of fused-ring (bicyclic) bond motifs is 1. The van der Waals surface area contributed by atoms with Crippen LogP contribution >= 0.6 is 8.53 Å². The maximum atomic E-state index is 13.1. The van der Waals surface area contributed by atoms with Crippen LogP contribution < -0.4 is 5.32 Å². The molecule has 2 aromatic carbocycles. The van der Waals surface area contributed by atoms with Crippen LogP contribution in [0.2, 0.25) is 18.1 Å². The van der Waals surface area contributed by atoms with E-state index in [-0.39, 0.29) is 42.2 Å². The van der Waals surface area contributed by atoms with Gasteiger partial charge in [0.2, 0.25) is 0 Å². The van der Waals surface area contributed by atoms with Gasteiger partial charge in [0.1, 0.15) is 17.7 Å². The number of hydrogen-bond donors (Lipinski definition) is 1. The van der Waals surface area contributed by atoms with Crippen molar-refractivity contribution in [1.82, 2.24) is 14.2 Å². The van der Waals surface area contributed by atoms with Gasteiger partial charge in [-0.15, -0.1) is 0 Å². The van der Waals surface area contributed by atoms with Crippen molar-refractivity contribution in [1.29, 1.82) is 5.26 Å². The quantitative estimate of drug-likeness (QED) is 0.102. The Morgan fingerprint density at radius 2 is 1.79 bits per heavy atom. The number of imidazole rings is 1. The second kappa shape index (κ2) is 15.7. The van der Waals surface area contributed by atoms with E-state index >= 15 is 0 Å². The summed E-state index contributed by atoms with van der Waals surface area (Å²) in [6.45, 7) is 22.1. The first-order valence-electron chi connectivity index (χ1n) is 16.6. The monoisotopic (exact) mass is 681 g/mol. The van der Waals surface area contributed by atoms with E-state index in [2.05, 4.69) is 84.5 Å². The Morgan fingerprint density at radius 3 is 2.38 bits per heavy atom. The highest BCUT2D eigenvalue weighted by Crippen LogP contribution is 2.52. The molecule has 12 heteroatoms. The number of nitrogens with zero attached hydrogens (tertiary/aromatic N) is 4. The molecule has 1 fully saturated rings. The molecule has 1 N–H and O–H groups in total. The van der Waals surface area contributed by atoms with Crippen LogP contribution in [-0.2, 0) is 18.2 Å². The predicted molar refractivity (Wildman–Crippen MR) is 190 cm³/mol. The maximum Gasteiger partial charge on any atom is 0.259 e. The summed E-state index contributed by atoms with van der Waals surface area (Å²) in [7, 11) is -3.88. The van der Waals surface area contributed by atoms with Crippen molar-refractivity contribution in [3.63, 3.8) is 0 Å². The minimum absolute atomic E-state index is 0.0613. The fraction of sp³-hybridized carbons (Fsp3) is 0.571. The summed E-state index contributed by atoms with van der Waals surface area (Å²) in [4.78, 5) is 17.8. The third-order valence-electron chi connectivity index (χ3n) is 8.96. The third-order valence-corrected chi connectivity index (χ3v) is 15.6. The van der Waals surface area contributed by atoms with E-state index < -0.39 is 35.3 Å². The normalized spacial score (nSPS) is 21.1. The van der Waals surface area contributed by atoms with Crippen molar-refractivity contribution in [3.8, 4) is 6.07 Å². The van der Waals surface area contributed by atoms with E-state index in [0.717, 1.165) is 5.52 Å². The van der Waals surface area contributed by atoms with Crippen LogP contribution in [0.1, 0.15) is 84.8 Å². The number of nitriles is 1. The van der Waals surface area contributed by atoms with Crippen LogP contribution in [0.4, 0.5) is 5.69 Å². The smallest absolute Gasteiger partial charge is 0.259 e. The zero-order valence-electron chi connectivity index (χ0n) is 29.6. The summed E-state index contributed by atoms with van der Waals surface area (Å²) >= 11 is 0. The molecule has 0 spiro atoms. The Hall–Kier alpha value is -2.68. The van der Waals surface area contributed by atoms with Gasteiger partial charge in [-0.25, -0.2) is 9.65 Å². The number of aromatic nitrogens is 2. The second-order valence-corrected chi connectivity index (χ2v) is 20.2. The zero-order valence-corrected chi connectivity index (χ0v) is 31.5. The van der Waals surface area contributed by atoms with E-state index in [1.807, 2.05) is 41.0 Å². The first-order valence-corrected chi connectivity index (χ1v) is 20.6. The molecule has 10 nitrogen and oxygen atoms in total. The molecule has 0 bridgehead atoms. The molecule has 47 heavy (non-hydrogen) atoms. The largest absolute Gasteiger partial charge is 0.407 e. The van der Waals surface area contributed by atoms with Gasteiger partial charge in [0.05, 0.1) is 42.7 Å². The SMILES string of the molecule is CC[C@H]1O[C@@H](n2cnc3c(NC(=O)c4ccccc4)cccc32)[C@H](O[Si](C)(C)C(C)(C)C)[C@@H]1OP(OCCC#N)N(C(C)C)C(C)C. The standard InChI is InChI=1S/C35H52N5O5PSi/c1-11-29-31(44-46(42-22-16-21-36)40(24(2)3)25(4)5)32(45-47(9,10)35(6,7)8)34(43-29)39-23-37-30-27(19-15-20-28(30)39)38-33(41)26-17-13-12-14-18-26/h12-15,17-20,23-25,29,31-32,34H,11,16,22H2,1-10H3,(H,38,41)/t29-,31-,32-,34-,46?/m1/s1. The summed E-state index contributed by atoms with van der Waals surface area (Å²) < 4.78 is 31.7. The second-order valence-electron chi connectivity index (χ2n) is 14.1. The summed E-state index contributed by atoms with van der Waals surface area (Å²) in [5.41, 5.74) is 2.67. The highest BCUT2D eigenvalue weighted by molar-refractivity contribution is 7.44. The molecule has 4 rings (SSSR count). The molecule has 3 aromatic rings. The van der Waals surface area contributed by atoms with Gasteiger partial charge < -0.3 is 28.1 Å². The molecule has 256 valence electrons. The Morgan fingerprint density at radius 1 is 1.11 bits per heavy atom. The van der Waals surface area contributed by atoms with Crippen molar-refractivity contribution >= 4 is 39.5 Å². The van der Waals surface area contributed by atoms with Gasteiger partial charge in [0, 0.05) is 17.6 Å². The van der Waals surface area contributed by atoms with Gasteiger partial charge >= 0.3 is 0 Å². The van der Waals surface area contributed by atoms with E-state index in [4.69, 9.17) is 23.2 Å². The third kappa shape index (κ3) is 8.49. The zero-order chi connectivity index (χ0) is 34.5. The molecular weight excluding hydrogens is 629 g/mol. The fourth-order valence-electron chi connectivity index (χ4n) is 5.57. The van der Waals surface area contributed by atoms with Crippen LogP contribution in [0.3, 0.4) is 0 Å². The van der Waals surface area contributed by atoms with Gasteiger partial charge in [-0.3, -0.25) is 4.79 Å². The first kappa shape index (κ1) is 37.1. The van der Waals surface area contributed by atoms with Crippen molar-refractivity contribution < 1.29 is 23.0 Å². The van der Waals surface area contributed by atoms with Crippen molar-refractivity contribution in [2.75, 3.05) is 11.9 Å². The summed E-state index contributed by atoms with van der Waals surface area (Å²) in [5, 5.41) is 12.2. The topological polar surface area (TPSA) is 111 Å². The van der Waals surface area contributed by atoms with Crippen LogP contribution in [0, 0.1) is 11.3 Å². The number of rotatable bonds is 14. The number of amides is 1. The highest BCUT2D eigenvalue weighted by atomic mass is 31.2. The lowest BCUT2D eigenvalue weighted by Gasteiger charge is -2.42. The maximum absolute atomic E-state index is 13.1. The van der Waals surface area contributed by atoms with Gasteiger partial charge in [-0.05, 0) is 76.5 Å². The summed E-state index contributed by atoms with van der Waals surface area (Å²) in [6.07, 6.45) is 1.03. The molecule has 1 saturated heterocycles. The molecular formula is C35H52N5O5PSi. The van der Waals surface area contributed by atoms with Crippen molar-refractivity contribution in [2.24, 2.45) is 0 Å². The van der Waals surface area contributed by atoms with Crippen LogP contribution in [-0.4, -0.2) is 65.4 Å². The number of carbonyl (C=O) groups excluding carboxylic acids is 1. The highest BCUT2D eigenvalue weighted by Gasteiger charge is 2.52. The lowest BCUT2D eigenvalue weighted by Crippen LogP contribution is -2.49. The number of benzene rings is 2. The molecule has 1 aliphatic heterocycles. The number of carbonyl (C=O) groups is 1. The molecule has 1 aliphatic rings. The number of ether oxygens (including phenoxy) is 1. The molecule has 1 aromatic heterocycles. The van der Waals surface area contributed by atoms with E-state index in [9.17, 15) is 10.1 Å². The van der Waals surface area contributed by atoms with Crippen LogP contribution in [0.25, 0.3) is 11.0 Å². The molecule has 0 aliphatic carbocycles. The van der Waals surface area contributed by atoms with Crippen LogP contribution in [0.5, 0.6) is 0 Å². The average molecular weight is 682 g/mol. The van der Waals surface area contributed by atoms with E-state index in [1.54, 1.807) is 18.5 Å². The van der Waals surface area contributed by atoms with Crippen molar-refractivity contribution in [2.45, 2.75) is 123 Å². The average Bonchev–Trinajstić information content (AvgIpc) is 3.58. The molecule has 1 unspecified atom stereocenters. The minimum atomic E-state index is -2.34. The first-order chi connectivity index (χ1) is 22.2. The summed E-state index contributed by atoms with van der Waals surface area (Å²) in [5.74, 6) is -0.201. The minimum Gasteiger partial charge on any atom is -0.407 e. The van der Waals surface area contributed by atoms with Gasteiger partial charge in [-0.1, -0.05) is 52.0 Å². The molecule has 2 heterocycles. The lowest BCUT2D eigenvalue weighted by atomic mass is 10.1. The Bertz CT molecular complexity index is 1510. The van der Waals surface area contributed by atoms with Crippen molar-refractivity contribution in [3.05, 3.63) is 60.4 Å². The molecule has 0 radical (unpaired) electrons. The van der Waals surface area contributed by atoms with Gasteiger partial charge in [-0.2, -0.15) is 5.26 Å². The van der Waals surface area contributed by atoms with Crippen LogP contribution in [0.15, 0.2) is 54.9 Å². The number of anilines is 1.